The van der Waals surface area contributed by atoms with Crippen molar-refractivity contribution in [3.05, 3.63) is 35.9 Å². The predicted octanol–water partition coefficient (Wildman–Crippen LogP) is 0.130. The first-order chi connectivity index (χ1) is 14.1. The monoisotopic (exact) mass is 451 g/mol. The van der Waals surface area contributed by atoms with Crippen molar-refractivity contribution in [1.29, 1.82) is 5.41 Å². The summed E-state index contributed by atoms with van der Waals surface area (Å²) < 4.78 is 42.5. The van der Waals surface area contributed by atoms with Gasteiger partial charge in [-0.3, -0.25) is 9.62 Å². The zero-order valence-electron chi connectivity index (χ0n) is 15.9. The Morgan fingerprint density at radius 2 is 2.00 bits per heavy atom. The number of aromatic amines is 1. The van der Waals surface area contributed by atoms with E-state index in [2.05, 4.69) is 14.3 Å². The van der Waals surface area contributed by atoms with E-state index >= 15 is 0 Å². The zero-order chi connectivity index (χ0) is 22.2. The van der Waals surface area contributed by atoms with Crippen molar-refractivity contribution in [2.75, 3.05) is 12.3 Å². The Labute approximate surface area is 174 Å². The molecule has 3 aromatic rings. The van der Waals surface area contributed by atoms with Crippen LogP contribution >= 0.6 is 0 Å². The van der Waals surface area contributed by atoms with Crippen LogP contribution in [0.4, 0.5) is 5.95 Å². The summed E-state index contributed by atoms with van der Waals surface area (Å²) in [5.41, 5.74) is 18.7. The standard InChI is InChI=1S/C17H21N7O4S2/c1-8(7-18)29(25)12-6-5-9(13(16(19)20)15(12)30(26,27)28-22)10-3-2-4-11-14(10)24-17(21)23-11/h2-6,8H,7,18,22H2,1H3,(H3,19,20)(H3,21,23,24). The Balaban J connectivity index is 2.46. The fourth-order valence-corrected chi connectivity index (χ4v) is 5.61. The maximum Gasteiger partial charge on any atom is 0.314 e. The number of anilines is 1. The maximum absolute atomic E-state index is 12.9. The van der Waals surface area contributed by atoms with Crippen LogP contribution in [0.5, 0.6) is 0 Å². The molecular weight excluding hydrogens is 430 g/mol. The molecule has 0 bridgehead atoms. The highest BCUT2D eigenvalue weighted by Crippen LogP contribution is 2.37. The van der Waals surface area contributed by atoms with Crippen molar-refractivity contribution >= 4 is 43.7 Å². The van der Waals surface area contributed by atoms with Gasteiger partial charge in [0, 0.05) is 22.9 Å². The van der Waals surface area contributed by atoms with Gasteiger partial charge in [0.15, 0.2) is 5.95 Å². The number of nitrogens with one attached hydrogen (secondary N) is 2. The largest absolute Gasteiger partial charge is 0.384 e. The molecule has 0 aliphatic rings. The van der Waals surface area contributed by atoms with Crippen molar-refractivity contribution in [3.63, 3.8) is 0 Å². The maximum atomic E-state index is 12.9. The normalized spacial score (nSPS) is 14.0. The fourth-order valence-electron chi connectivity index (χ4n) is 3.08. The van der Waals surface area contributed by atoms with Crippen LogP contribution in [0.3, 0.4) is 0 Å². The summed E-state index contributed by atoms with van der Waals surface area (Å²) in [5, 5.41) is 7.49. The van der Waals surface area contributed by atoms with Gasteiger partial charge in [-0.2, -0.15) is 18.6 Å². The summed E-state index contributed by atoms with van der Waals surface area (Å²) in [5.74, 6) is 4.59. The zero-order valence-corrected chi connectivity index (χ0v) is 17.5. The quantitative estimate of drug-likeness (QED) is 0.163. The van der Waals surface area contributed by atoms with E-state index in [1.54, 1.807) is 25.1 Å². The molecular formula is C17H21N7O4S2. The van der Waals surface area contributed by atoms with Crippen LogP contribution in [0, 0.1) is 5.41 Å². The van der Waals surface area contributed by atoms with E-state index in [1.807, 2.05) is 0 Å². The Hall–Kier alpha value is -2.84. The number of fused-ring (bicyclic) bond motifs is 1. The third-order valence-corrected chi connectivity index (χ3v) is 7.51. The van der Waals surface area contributed by atoms with E-state index in [9.17, 15) is 12.6 Å². The van der Waals surface area contributed by atoms with Gasteiger partial charge < -0.3 is 22.2 Å². The van der Waals surface area contributed by atoms with Crippen molar-refractivity contribution in [2.24, 2.45) is 17.4 Å². The fraction of sp³-hybridized carbons (Fsp3) is 0.176. The molecule has 0 aliphatic heterocycles. The Kier molecular flexibility index (Phi) is 5.92. The van der Waals surface area contributed by atoms with Crippen LogP contribution in [0.2, 0.25) is 0 Å². The van der Waals surface area contributed by atoms with Crippen LogP contribution in [-0.2, 0) is 25.2 Å². The number of nitrogens with zero attached hydrogens (tertiary/aromatic N) is 1. The number of hydrogen-bond donors (Lipinski definition) is 6. The van der Waals surface area contributed by atoms with Crippen molar-refractivity contribution < 1.29 is 16.9 Å². The van der Waals surface area contributed by atoms with Gasteiger partial charge in [-0.25, -0.2) is 4.98 Å². The molecule has 1 aromatic heterocycles. The van der Waals surface area contributed by atoms with Crippen molar-refractivity contribution in [1.82, 2.24) is 9.97 Å². The second-order valence-corrected chi connectivity index (χ2v) is 9.80. The number of nitrogen functional groups attached to an aromatic ring is 2. The van der Waals surface area contributed by atoms with E-state index in [0.29, 0.717) is 16.6 Å². The third-order valence-electron chi connectivity index (χ3n) is 4.50. The lowest BCUT2D eigenvalue weighted by molar-refractivity contribution is 0.331. The van der Waals surface area contributed by atoms with E-state index in [1.165, 1.54) is 12.1 Å². The van der Waals surface area contributed by atoms with Gasteiger partial charge in [-0.1, -0.05) is 18.2 Å². The lowest BCUT2D eigenvalue weighted by atomic mass is 9.97. The van der Waals surface area contributed by atoms with Gasteiger partial charge in [0.25, 0.3) is 0 Å². The first kappa shape index (κ1) is 21.9. The molecule has 0 amide bonds. The van der Waals surface area contributed by atoms with Crippen molar-refractivity contribution in [2.45, 2.75) is 22.0 Å². The van der Waals surface area contributed by atoms with Gasteiger partial charge in [0.1, 0.15) is 10.7 Å². The highest BCUT2D eigenvalue weighted by Gasteiger charge is 2.32. The number of hydrogen-bond acceptors (Lipinski definition) is 9. The molecule has 3 rings (SSSR count). The first-order valence-electron chi connectivity index (χ1n) is 8.62. The number of amidine groups is 1. The number of H-pyrrole nitrogens is 1. The Morgan fingerprint density at radius 1 is 1.30 bits per heavy atom. The molecule has 0 fully saturated rings. The highest BCUT2D eigenvalue weighted by molar-refractivity contribution is 7.89. The molecule has 2 aromatic carbocycles. The van der Waals surface area contributed by atoms with Gasteiger partial charge in [0.05, 0.1) is 26.7 Å². The summed E-state index contributed by atoms with van der Waals surface area (Å²) in [6, 6.07) is 7.99. The SMILES string of the molecule is CC(CN)S(=O)c1ccc(-c2cccc3[nH]c(N)nc23)c(C(=N)N)c1S(=O)(=O)ON. The minimum atomic E-state index is -4.60. The van der Waals surface area contributed by atoms with Gasteiger partial charge in [-0.15, -0.1) is 0 Å². The average Bonchev–Trinajstić information content (AvgIpc) is 3.11. The van der Waals surface area contributed by atoms with E-state index < -0.39 is 36.9 Å². The topological polar surface area (TPSA) is 217 Å². The molecule has 0 saturated heterocycles. The van der Waals surface area contributed by atoms with Gasteiger partial charge in [-0.05, 0) is 24.6 Å². The molecule has 11 nitrogen and oxygen atoms in total. The lowest BCUT2D eigenvalue weighted by Crippen LogP contribution is -2.26. The van der Waals surface area contributed by atoms with Crippen LogP contribution < -0.4 is 23.1 Å². The molecule has 0 spiro atoms. The first-order valence-corrected chi connectivity index (χ1v) is 11.2. The van der Waals surface area contributed by atoms with Crippen LogP contribution in [0.1, 0.15) is 12.5 Å². The lowest BCUT2D eigenvalue weighted by Gasteiger charge is -2.19. The number of imidazole rings is 1. The summed E-state index contributed by atoms with van der Waals surface area (Å²) in [6.07, 6.45) is 0. The number of rotatable bonds is 7. The van der Waals surface area contributed by atoms with Crippen molar-refractivity contribution in [3.8, 4) is 11.1 Å². The summed E-state index contributed by atoms with van der Waals surface area (Å²) >= 11 is 0. The average molecular weight is 452 g/mol. The number of nitrogens with two attached hydrogens (primary N) is 4. The van der Waals surface area contributed by atoms with E-state index in [0.717, 1.165) is 0 Å². The Bertz CT molecular complexity index is 1270. The molecule has 1 heterocycles. The molecule has 13 heteroatoms. The molecule has 0 saturated carbocycles. The minimum Gasteiger partial charge on any atom is -0.384 e. The number of para-hydroxylation sites is 1. The number of benzene rings is 2. The minimum absolute atomic E-state index is 0.0403. The Morgan fingerprint density at radius 3 is 2.60 bits per heavy atom. The van der Waals surface area contributed by atoms with Gasteiger partial charge in [0.2, 0.25) is 0 Å². The van der Waals surface area contributed by atoms with Gasteiger partial charge >= 0.3 is 10.1 Å². The second kappa shape index (κ2) is 8.12. The van der Waals surface area contributed by atoms with Crippen LogP contribution in [0.15, 0.2) is 40.1 Å². The summed E-state index contributed by atoms with van der Waals surface area (Å²) in [7, 11) is -6.44. The molecule has 0 radical (unpaired) electrons. The summed E-state index contributed by atoms with van der Waals surface area (Å²) in [4.78, 5) is 6.45. The molecule has 30 heavy (non-hydrogen) atoms. The van der Waals surface area contributed by atoms with E-state index in [-0.39, 0.29) is 28.5 Å². The second-order valence-electron chi connectivity index (χ2n) is 6.45. The highest BCUT2D eigenvalue weighted by atomic mass is 32.2. The smallest absolute Gasteiger partial charge is 0.314 e. The molecule has 2 atom stereocenters. The molecule has 10 N–H and O–H groups in total. The third kappa shape index (κ3) is 3.68. The molecule has 160 valence electrons. The molecule has 2 unspecified atom stereocenters. The predicted molar refractivity (Wildman–Crippen MR) is 114 cm³/mol. The summed E-state index contributed by atoms with van der Waals surface area (Å²) in [6.45, 7) is 1.64. The van der Waals surface area contributed by atoms with Crippen LogP contribution in [0.25, 0.3) is 22.2 Å². The molecule has 0 aliphatic carbocycles. The van der Waals surface area contributed by atoms with E-state index in [4.69, 9.17) is 28.5 Å². The van der Waals surface area contributed by atoms with Crippen LogP contribution in [-0.4, -0.2) is 40.2 Å². The number of aromatic nitrogens is 2.